The summed E-state index contributed by atoms with van der Waals surface area (Å²) in [5, 5.41) is 13.7. The third-order valence-corrected chi connectivity index (χ3v) is 3.93. The SMILES string of the molecule is O=C(O)c1conc1C(OC1CCCCO1)c1ccc(Cl)cc1. The van der Waals surface area contributed by atoms with Gasteiger partial charge in [-0.15, -0.1) is 0 Å². The number of hydrogen-bond donors (Lipinski definition) is 1. The van der Waals surface area contributed by atoms with Gasteiger partial charge in [-0.25, -0.2) is 4.79 Å². The van der Waals surface area contributed by atoms with Gasteiger partial charge in [0, 0.05) is 11.6 Å². The predicted molar refractivity (Wildman–Crippen MR) is 81.4 cm³/mol. The van der Waals surface area contributed by atoms with Crippen LogP contribution in [0.2, 0.25) is 5.02 Å². The van der Waals surface area contributed by atoms with Crippen LogP contribution in [0, 0.1) is 0 Å². The number of carboxylic acid groups (broad SMARTS) is 1. The van der Waals surface area contributed by atoms with E-state index in [9.17, 15) is 9.90 Å². The van der Waals surface area contributed by atoms with Gasteiger partial charge < -0.3 is 19.1 Å². The maximum atomic E-state index is 11.4. The lowest BCUT2D eigenvalue weighted by molar-refractivity contribution is -0.182. The molecule has 3 rings (SSSR count). The Bertz CT molecular complexity index is 663. The van der Waals surface area contributed by atoms with Crippen molar-refractivity contribution in [2.45, 2.75) is 31.7 Å². The van der Waals surface area contributed by atoms with Crippen LogP contribution in [0.4, 0.5) is 0 Å². The smallest absolute Gasteiger partial charge is 0.341 e. The van der Waals surface area contributed by atoms with E-state index in [1.807, 2.05) is 0 Å². The van der Waals surface area contributed by atoms with E-state index < -0.39 is 18.4 Å². The molecule has 2 aromatic rings. The standard InChI is InChI=1S/C16H16ClNO5/c17-11-6-4-10(5-7-11)15(23-13-3-1-2-8-21-13)14-12(16(19)20)9-22-18-14/h4-7,9,13,15H,1-3,8H2,(H,19,20). The molecule has 1 N–H and O–H groups in total. The zero-order valence-electron chi connectivity index (χ0n) is 12.3. The summed E-state index contributed by atoms with van der Waals surface area (Å²) in [6.45, 7) is 0.628. The monoisotopic (exact) mass is 337 g/mol. The largest absolute Gasteiger partial charge is 0.478 e. The maximum absolute atomic E-state index is 11.4. The molecule has 0 radical (unpaired) electrons. The second kappa shape index (κ2) is 7.12. The minimum atomic E-state index is -1.12. The average Bonchev–Trinajstić information content (AvgIpc) is 3.04. The lowest BCUT2D eigenvalue weighted by Crippen LogP contribution is -2.25. The summed E-state index contributed by atoms with van der Waals surface area (Å²) in [5.41, 5.74) is 0.926. The van der Waals surface area contributed by atoms with Gasteiger partial charge in [-0.1, -0.05) is 28.9 Å². The van der Waals surface area contributed by atoms with E-state index >= 15 is 0 Å². The lowest BCUT2D eigenvalue weighted by Gasteiger charge is -2.27. The van der Waals surface area contributed by atoms with E-state index in [0.29, 0.717) is 11.6 Å². The van der Waals surface area contributed by atoms with Gasteiger partial charge in [-0.2, -0.15) is 0 Å². The van der Waals surface area contributed by atoms with Crippen molar-refractivity contribution in [3.05, 3.63) is 52.4 Å². The number of nitrogens with zero attached hydrogens (tertiary/aromatic N) is 1. The van der Waals surface area contributed by atoms with E-state index in [2.05, 4.69) is 5.16 Å². The molecule has 1 saturated heterocycles. The van der Waals surface area contributed by atoms with Gasteiger partial charge in [0.15, 0.2) is 6.29 Å². The minimum absolute atomic E-state index is 0.0271. The highest BCUT2D eigenvalue weighted by Crippen LogP contribution is 2.31. The molecular formula is C16H16ClNO5. The summed E-state index contributed by atoms with van der Waals surface area (Å²) < 4.78 is 16.4. The molecule has 1 fully saturated rings. The second-order valence-electron chi connectivity index (χ2n) is 5.28. The van der Waals surface area contributed by atoms with E-state index in [4.69, 9.17) is 25.6 Å². The third-order valence-electron chi connectivity index (χ3n) is 3.67. The first-order valence-corrected chi connectivity index (χ1v) is 7.73. The quantitative estimate of drug-likeness (QED) is 0.896. The highest BCUT2D eigenvalue weighted by molar-refractivity contribution is 6.30. The van der Waals surface area contributed by atoms with E-state index in [1.165, 1.54) is 0 Å². The van der Waals surface area contributed by atoms with Gasteiger partial charge in [-0.3, -0.25) is 0 Å². The molecule has 0 spiro atoms. The summed E-state index contributed by atoms with van der Waals surface area (Å²) in [6, 6.07) is 6.98. The van der Waals surface area contributed by atoms with Crippen molar-refractivity contribution in [2.75, 3.05) is 6.61 Å². The van der Waals surface area contributed by atoms with E-state index in [1.54, 1.807) is 24.3 Å². The number of aromatic nitrogens is 1. The minimum Gasteiger partial charge on any atom is -0.478 e. The Morgan fingerprint density at radius 1 is 1.35 bits per heavy atom. The Morgan fingerprint density at radius 2 is 2.13 bits per heavy atom. The Labute approximate surface area is 137 Å². The molecule has 0 saturated carbocycles. The molecule has 0 aliphatic carbocycles. The summed E-state index contributed by atoms with van der Waals surface area (Å²) in [7, 11) is 0. The molecular weight excluding hydrogens is 322 g/mol. The second-order valence-corrected chi connectivity index (χ2v) is 5.72. The van der Waals surface area contributed by atoms with Crippen LogP contribution in [-0.4, -0.2) is 29.1 Å². The van der Waals surface area contributed by atoms with Gasteiger partial charge in [0.05, 0.1) is 0 Å². The van der Waals surface area contributed by atoms with Crippen LogP contribution in [0.5, 0.6) is 0 Å². The zero-order chi connectivity index (χ0) is 16.2. The van der Waals surface area contributed by atoms with Crippen LogP contribution < -0.4 is 0 Å². The number of rotatable bonds is 5. The van der Waals surface area contributed by atoms with Gasteiger partial charge in [0.2, 0.25) is 0 Å². The Hall–Kier alpha value is -1.89. The van der Waals surface area contributed by atoms with Crippen LogP contribution >= 0.6 is 11.6 Å². The van der Waals surface area contributed by atoms with Crippen LogP contribution in [0.15, 0.2) is 35.1 Å². The molecule has 1 aliphatic heterocycles. The average molecular weight is 338 g/mol. The molecule has 2 atom stereocenters. The van der Waals surface area contributed by atoms with Crippen LogP contribution in [0.25, 0.3) is 0 Å². The summed E-state index contributed by atoms with van der Waals surface area (Å²) in [5.74, 6) is -1.12. The lowest BCUT2D eigenvalue weighted by atomic mass is 10.0. The van der Waals surface area contributed by atoms with Crippen molar-refractivity contribution < 1.29 is 23.9 Å². The summed E-state index contributed by atoms with van der Waals surface area (Å²) in [4.78, 5) is 11.4. The molecule has 122 valence electrons. The van der Waals surface area contributed by atoms with Crippen molar-refractivity contribution in [3.8, 4) is 0 Å². The number of carbonyl (C=O) groups is 1. The topological polar surface area (TPSA) is 81.8 Å². The van der Waals surface area contributed by atoms with Crippen LogP contribution in [-0.2, 0) is 9.47 Å². The molecule has 7 heteroatoms. The van der Waals surface area contributed by atoms with E-state index in [-0.39, 0.29) is 11.3 Å². The zero-order valence-corrected chi connectivity index (χ0v) is 13.0. The number of halogens is 1. The Balaban J connectivity index is 1.93. The molecule has 1 aromatic heterocycles. The molecule has 1 aromatic carbocycles. The number of hydrogen-bond acceptors (Lipinski definition) is 5. The fourth-order valence-corrected chi connectivity index (χ4v) is 2.63. The van der Waals surface area contributed by atoms with Crippen LogP contribution in [0.3, 0.4) is 0 Å². The molecule has 0 bridgehead atoms. The molecule has 2 unspecified atom stereocenters. The molecule has 0 amide bonds. The summed E-state index contributed by atoms with van der Waals surface area (Å²) in [6.07, 6.45) is 2.76. The van der Waals surface area contributed by atoms with Crippen molar-refractivity contribution in [2.24, 2.45) is 0 Å². The number of ether oxygens (including phenoxy) is 2. The van der Waals surface area contributed by atoms with E-state index in [0.717, 1.165) is 31.1 Å². The molecule has 1 aliphatic rings. The first-order valence-electron chi connectivity index (χ1n) is 7.35. The van der Waals surface area contributed by atoms with Gasteiger partial charge in [0.25, 0.3) is 0 Å². The fourth-order valence-electron chi connectivity index (χ4n) is 2.50. The first kappa shape index (κ1) is 16.0. The van der Waals surface area contributed by atoms with Crippen molar-refractivity contribution >= 4 is 17.6 Å². The van der Waals surface area contributed by atoms with Gasteiger partial charge >= 0.3 is 5.97 Å². The van der Waals surface area contributed by atoms with Gasteiger partial charge in [-0.05, 0) is 37.0 Å². The predicted octanol–water partition coefficient (Wildman–Crippen LogP) is 3.66. The highest BCUT2D eigenvalue weighted by Gasteiger charge is 2.29. The normalized spacial score (nSPS) is 19.4. The van der Waals surface area contributed by atoms with Crippen molar-refractivity contribution in [3.63, 3.8) is 0 Å². The molecule has 6 nitrogen and oxygen atoms in total. The molecule has 2 heterocycles. The molecule has 23 heavy (non-hydrogen) atoms. The Morgan fingerprint density at radius 3 is 2.78 bits per heavy atom. The third kappa shape index (κ3) is 3.72. The number of aromatic carboxylic acids is 1. The maximum Gasteiger partial charge on any atom is 0.341 e. The van der Waals surface area contributed by atoms with Crippen LogP contribution in [0.1, 0.15) is 47.0 Å². The summed E-state index contributed by atoms with van der Waals surface area (Å²) >= 11 is 5.92. The van der Waals surface area contributed by atoms with Crippen molar-refractivity contribution in [1.29, 1.82) is 0 Å². The van der Waals surface area contributed by atoms with Crippen molar-refractivity contribution in [1.82, 2.24) is 5.16 Å². The Kier molecular flexibility index (Phi) is 4.95. The first-order chi connectivity index (χ1) is 11.1. The number of carboxylic acids is 1. The van der Waals surface area contributed by atoms with Gasteiger partial charge in [0.1, 0.15) is 23.6 Å². The number of benzene rings is 1. The highest BCUT2D eigenvalue weighted by atomic mass is 35.5. The fraction of sp³-hybridized carbons (Fsp3) is 0.375.